The van der Waals surface area contributed by atoms with E-state index < -0.39 is 17.6 Å². The number of rotatable bonds is 2. The Hall–Kier alpha value is 0.0600. The van der Waals surface area contributed by atoms with Gasteiger partial charge in [0.15, 0.2) is 0 Å². The summed E-state index contributed by atoms with van der Waals surface area (Å²) in [6.07, 6.45) is -2.17. The van der Waals surface area contributed by atoms with Gasteiger partial charge >= 0.3 is 6.18 Å². The zero-order valence-corrected chi connectivity index (χ0v) is 12.2. The zero-order valence-electron chi connectivity index (χ0n) is 11.4. The molecule has 1 heterocycles. The molecule has 0 radical (unpaired) electrons. The average Bonchev–Trinajstić information content (AvgIpc) is 2.38. The number of nitrogens with zero attached hydrogens (tertiary/aromatic N) is 1. The van der Waals surface area contributed by atoms with Gasteiger partial charge in [-0.2, -0.15) is 24.9 Å². The molecule has 6 heteroatoms. The number of nitrogens with two attached hydrogens (primary N) is 1. The van der Waals surface area contributed by atoms with Gasteiger partial charge in [0.1, 0.15) is 0 Å². The van der Waals surface area contributed by atoms with E-state index in [1.807, 2.05) is 11.8 Å². The summed E-state index contributed by atoms with van der Waals surface area (Å²) < 4.78 is 39.0. The molecule has 2 N–H and O–H groups in total. The second-order valence-electron chi connectivity index (χ2n) is 5.89. The lowest BCUT2D eigenvalue weighted by Crippen LogP contribution is -2.60. The second kappa shape index (κ2) is 5.82. The Morgan fingerprint density at radius 1 is 1.42 bits per heavy atom. The Morgan fingerprint density at radius 3 is 2.74 bits per heavy atom. The summed E-state index contributed by atoms with van der Waals surface area (Å²) in [6, 6.07) is 0. The van der Waals surface area contributed by atoms with Gasteiger partial charge in [0.05, 0.1) is 5.92 Å². The monoisotopic (exact) mass is 296 g/mol. The third kappa shape index (κ3) is 3.39. The number of halogens is 3. The predicted octanol–water partition coefficient (Wildman–Crippen LogP) is 2.87. The van der Waals surface area contributed by atoms with Crippen LogP contribution in [0.3, 0.4) is 0 Å². The van der Waals surface area contributed by atoms with Crippen LogP contribution in [0.25, 0.3) is 0 Å². The normalized spacial score (nSPS) is 38.4. The third-order valence-electron chi connectivity index (χ3n) is 4.58. The van der Waals surface area contributed by atoms with Gasteiger partial charge in [-0.15, -0.1) is 0 Å². The summed E-state index contributed by atoms with van der Waals surface area (Å²) in [4.78, 5) is 2.24. The van der Waals surface area contributed by atoms with Gasteiger partial charge in [0.25, 0.3) is 0 Å². The van der Waals surface area contributed by atoms with Crippen molar-refractivity contribution in [3.63, 3.8) is 0 Å². The van der Waals surface area contributed by atoms with E-state index in [9.17, 15) is 13.2 Å². The van der Waals surface area contributed by atoms with Crippen molar-refractivity contribution in [3.8, 4) is 0 Å². The standard InChI is InChI=1S/C13H23F3N2S/c1-10-8-18(5-6-19-10)12(9-17)4-2-3-11(7-12)13(14,15)16/h10-11H,2-9,17H2,1H3. The molecule has 2 aliphatic rings. The molecule has 0 aromatic carbocycles. The topological polar surface area (TPSA) is 29.3 Å². The maximum absolute atomic E-state index is 13.0. The van der Waals surface area contributed by atoms with Crippen molar-refractivity contribution in [2.24, 2.45) is 11.7 Å². The highest BCUT2D eigenvalue weighted by atomic mass is 32.2. The van der Waals surface area contributed by atoms with Gasteiger partial charge in [-0.1, -0.05) is 13.3 Å². The van der Waals surface area contributed by atoms with E-state index >= 15 is 0 Å². The molecule has 1 saturated carbocycles. The van der Waals surface area contributed by atoms with Crippen LogP contribution in [0.1, 0.15) is 32.6 Å². The maximum Gasteiger partial charge on any atom is 0.391 e. The van der Waals surface area contributed by atoms with Crippen molar-refractivity contribution in [1.29, 1.82) is 0 Å². The van der Waals surface area contributed by atoms with E-state index in [1.165, 1.54) is 0 Å². The van der Waals surface area contributed by atoms with Crippen molar-refractivity contribution in [2.75, 3.05) is 25.4 Å². The molecule has 0 spiro atoms. The molecule has 3 atom stereocenters. The van der Waals surface area contributed by atoms with E-state index in [-0.39, 0.29) is 12.8 Å². The molecule has 1 aliphatic heterocycles. The molecule has 0 amide bonds. The number of hydrogen-bond donors (Lipinski definition) is 1. The molecule has 0 aromatic heterocycles. The minimum atomic E-state index is -4.07. The molecule has 112 valence electrons. The fraction of sp³-hybridized carbons (Fsp3) is 1.00. The molecule has 0 bridgehead atoms. The van der Waals surface area contributed by atoms with E-state index in [0.29, 0.717) is 18.2 Å². The molecule has 1 aliphatic carbocycles. The highest BCUT2D eigenvalue weighted by molar-refractivity contribution is 7.99. The lowest BCUT2D eigenvalue weighted by molar-refractivity contribution is -0.193. The van der Waals surface area contributed by atoms with Crippen molar-refractivity contribution >= 4 is 11.8 Å². The first-order chi connectivity index (χ1) is 8.87. The molecule has 0 aromatic rings. The minimum Gasteiger partial charge on any atom is -0.329 e. The zero-order chi connectivity index (χ0) is 14.1. The molecular formula is C13H23F3N2S. The molecule has 2 nitrogen and oxygen atoms in total. The van der Waals surface area contributed by atoms with Crippen LogP contribution in [-0.2, 0) is 0 Å². The van der Waals surface area contributed by atoms with Crippen LogP contribution >= 0.6 is 11.8 Å². The van der Waals surface area contributed by atoms with Crippen LogP contribution in [0.2, 0.25) is 0 Å². The second-order valence-corrected chi connectivity index (χ2v) is 7.44. The summed E-state index contributed by atoms with van der Waals surface area (Å²) in [5.74, 6) is -0.172. The molecule has 2 rings (SSSR count). The van der Waals surface area contributed by atoms with Crippen molar-refractivity contribution in [1.82, 2.24) is 4.90 Å². The number of thioether (sulfide) groups is 1. The van der Waals surface area contributed by atoms with Gasteiger partial charge in [0, 0.05) is 36.2 Å². The Balaban J connectivity index is 2.12. The summed E-state index contributed by atoms with van der Waals surface area (Å²) in [5, 5.41) is 0.489. The SMILES string of the molecule is CC1CN(C2(CN)CCCC(C(F)(F)F)C2)CCS1. The summed E-state index contributed by atoms with van der Waals surface area (Å²) in [6.45, 7) is 4.23. The van der Waals surface area contributed by atoms with E-state index in [4.69, 9.17) is 5.73 Å². The number of hydrogen-bond acceptors (Lipinski definition) is 3. The lowest BCUT2D eigenvalue weighted by atomic mass is 9.74. The van der Waals surface area contributed by atoms with Gasteiger partial charge in [-0.05, 0) is 19.3 Å². The summed E-state index contributed by atoms with van der Waals surface area (Å²) >= 11 is 1.90. The first-order valence-electron chi connectivity index (χ1n) is 7.01. The van der Waals surface area contributed by atoms with Crippen molar-refractivity contribution in [2.45, 2.75) is 49.6 Å². The molecule has 3 unspecified atom stereocenters. The third-order valence-corrected chi connectivity index (χ3v) is 5.71. The van der Waals surface area contributed by atoms with Crippen LogP contribution < -0.4 is 5.73 Å². The largest absolute Gasteiger partial charge is 0.391 e. The Kier molecular flexibility index (Phi) is 4.73. The van der Waals surface area contributed by atoms with E-state index in [0.717, 1.165) is 25.3 Å². The fourth-order valence-corrected chi connectivity index (χ4v) is 4.48. The maximum atomic E-state index is 13.0. The number of alkyl halides is 3. The Morgan fingerprint density at radius 2 is 2.16 bits per heavy atom. The van der Waals surface area contributed by atoms with Crippen molar-refractivity contribution in [3.05, 3.63) is 0 Å². The highest BCUT2D eigenvalue weighted by Crippen LogP contribution is 2.44. The summed E-state index contributed by atoms with van der Waals surface area (Å²) in [7, 11) is 0. The fourth-order valence-electron chi connectivity index (χ4n) is 3.47. The van der Waals surface area contributed by atoms with Gasteiger partial charge in [0.2, 0.25) is 0 Å². The smallest absolute Gasteiger partial charge is 0.329 e. The van der Waals surface area contributed by atoms with E-state index in [2.05, 4.69) is 11.8 Å². The first-order valence-corrected chi connectivity index (χ1v) is 8.06. The molecule has 19 heavy (non-hydrogen) atoms. The molecular weight excluding hydrogens is 273 g/mol. The summed E-state index contributed by atoms with van der Waals surface area (Å²) in [5.41, 5.74) is 5.48. The predicted molar refractivity (Wildman–Crippen MR) is 73.3 cm³/mol. The highest BCUT2D eigenvalue weighted by Gasteiger charge is 2.49. The van der Waals surface area contributed by atoms with Crippen LogP contribution in [0.5, 0.6) is 0 Å². The van der Waals surface area contributed by atoms with Gasteiger partial charge in [-0.25, -0.2) is 0 Å². The lowest BCUT2D eigenvalue weighted by Gasteiger charge is -2.50. The minimum absolute atomic E-state index is 0.185. The van der Waals surface area contributed by atoms with E-state index in [1.54, 1.807) is 0 Å². The van der Waals surface area contributed by atoms with Crippen LogP contribution in [0, 0.1) is 5.92 Å². The molecule has 1 saturated heterocycles. The average molecular weight is 296 g/mol. The quantitative estimate of drug-likeness (QED) is 0.849. The van der Waals surface area contributed by atoms with Crippen molar-refractivity contribution < 1.29 is 13.2 Å². The van der Waals surface area contributed by atoms with Gasteiger partial charge in [-0.3, -0.25) is 4.90 Å². The van der Waals surface area contributed by atoms with Gasteiger partial charge < -0.3 is 5.73 Å². The van der Waals surface area contributed by atoms with Crippen LogP contribution in [0.15, 0.2) is 0 Å². The Labute approximate surface area is 117 Å². The van der Waals surface area contributed by atoms with Crippen LogP contribution in [-0.4, -0.2) is 47.3 Å². The Bertz CT molecular complexity index is 311. The first kappa shape index (κ1) is 15.4. The van der Waals surface area contributed by atoms with Crippen LogP contribution in [0.4, 0.5) is 13.2 Å². The molecule has 2 fully saturated rings.